The van der Waals surface area contributed by atoms with Gasteiger partial charge in [-0.15, -0.1) is 0 Å². The molecule has 0 heterocycles. The number of amides is 1. The lowest BCUT2D eigenvalue weighted by atomic mass is 10.2. The second-order valence-electron chi connectivity index (χ2n) is 4.90. The Bertz CT molecular complexity index is 503. The maximum Gasteiger partial charge on any atom is 0.317 e. The minimum Gasteiger partial charge on any atom is -0.480 e. The first kappa shape index (κ1) is 16.5. The van der Waals surface area contributed by atoms with Crippen molar-refractivity contribution in [3.63, 3.8) is 0 Å². The molecule has 2 N–H and O–H groups in total. The zero-order chi connectivity index (χ0) is 15.3. The molecule has 5 nitrogen and oxygen atoms in total. The van der Waals surface area contributed by atoms with Gasteiger partial charge in [0.2, 0.25) is 5.91 Å². The Hall–Kier alpha value is -1.59. The average molecular weight is 299 g/mol. The van der Waals surface area contributed by atoms with Gasteiger partial charge in [-0.05, 0) is 44.5 Å². The van der Waals surface area contributed by atoms with Gasteiger partial charge in [-0.2, -0.15) is 0 Å². The molecule has 0 aliphatic heterocycles. The third-order valence-corrected chi connectivity index (χ3v) is 3.11. The molecule has 1 amide bonds. The Morgan fingerprint density at radius 3 is 2.50 bits per heavy atom. The number of hydrogen-bond donors (Lipinski definition) is 2. The number of nitrogens with zero attached hydrogens (tertiary/aromatic N) is 1. The highest BCUT2D eigenvalue weighted by atomic mass is 35.5. The van der Waals surface area contributed by atoms with Crippen molar-refractivity contribution in [2.75, 3.05) is 18.4 Å². The molecule has 0 saturated carbocycles. The van der Waals surface area contributed by atoms with Gasteiger partial charge >= 0.3 is 5.97 Å². The molecule has 0 spiro atoms. The van der Waals surface area contributed by atoms with E-state index in [4.69, 9.17) is 16.7 Å². The molecule has 0 radical (unpaired) electrons. The number of nitrogens with one attached hydrogen (secondary N) is 1. The lowest BCUT2D eigenvalue weighted by Crippen LogP contribution is -2.41. The predicted octanol–water partition coefficient (Wildman–Crippen LogP) is 2.38. The van der Waals surface area contributed by atoms with Crippen LogP contribution in [-0.2, 0) is 9.59 Å². The molecule has 110 valence electrons. The van der Waals surface area contributed by atoms with Crippen LogP contribution >= 0.6 is 11.6 Å². The Kier molecular flexibility index (Phi) is 5.98. The molecule has 0 fully saturated rings. The molecule has 0 saturated heterocycles. The van der Waals surface area contributed by atoms with E-state index in [0.29, 0.717) is 10.7 Å². The molecular formula is C14H19ClN2O3. The summed E-state index contributed by atoms with van der Waals surface area (Å²) in [6, 6.07) is 5.16. The molecular weight excluding hydrogens is 280 g/mol. The molecule has 0 aromatic heterocycles. The van der Waals surface area contributed by atoms with Crippen molar-refractivity contribution in [3.05, 3.63) is 28.8 Å². The Labute approximate surface area is 123 Å². The van der Waals surface area contributed by atoms with Crippen molar-refractivity contribution in [2.24, 2.45) is 0 Å². The molecule has 0 aliphatic rings. The first-order valence-electron chi connectivity index (χ1n) is 6.31. The van der Waals surface area contributed by atoms with Crippen molar-refractivity contribution < 1.29 is 14.7 Å². The van der Waals surface area contributed by atoms with Crippen LogP contribution in [0.1, 0.15) is 19.4 Å². The highest BCUT2D eigenvalue weighted by molar-refractivity contribution is 6.30. The fraction of sp³-hybridized carbons (Fsp3) is 0.429. The number of carboxylic acid groups (broad SMARTS) is 1. The molecule has 1 aromatic carbocycles. The fourth-order valence-corrected chi connectivity index (χ4v) is 1.96. The van der Waals surface area contributed by atoms with E-state index < -0.39 is 5.97 Å². The van der Waals surface area contributed by atoms with Gasteiger partial charge in [-0.25, -0.2) is 0 Å². The van der Waals surface area contributed by atoms with Crippen LogP contribution in [0.4, 0.5) is 5.69 Å². The Morgan fingerprint density at radius 2 is 2.00 bits per heavy atom. The van der Waals surface area contributed by atoms with Gasteiger partial charge in [-0.1, -0.05) is 11.6 Å². The number of carboxylic acids is 1. The Morgan fingerprint density at radius 1 is 1.35 bits per heavy atom. The summed E-state index contributed by atoms with van der Waals surface area (Å²) in [6.07, 6.45) is 0. The summed E-state index contributed by atoms with van der Waals surface area (Å²) >= 11 is 5.85. The molecule has 1 aromatic rings. The smallest absolute Gasteiger partial charge is 0.317 e. The molecule has 0 aliphatic carbocycles. The minimum absolute atomic E-state index is 0.0248. The highest BCUT2D eigenvalue weighted by Gasteiger charge is 2.17. The second-order valence-corrected chi connectivity index (χ2v) is 5.34. The van der Waals surface area contributed by atoms with E-state index in [2.05, 4.69) is 5.32 Å². The normalized spacial score (nSPS) is 10.9. The maximum atomic E-state index is 12.0. The number of aliphatic carboxylic acids is 1. The van der Waals surface area contributed by atoms with Crippen LogP contribution in [0.5, 0.6) is 0 Å². The van der Waals surface area contributed by atoms with Crippen molar-refractivity contribution >= 4 is 29.2 Å². The average Bonchev–Trinajstić information content (AvgIpc) is 2.31. The van der Waals surface area contributed by atoms with Crippen molar-refractivity contribution in [1.82, 2.24) is 4.90 Å². The quantitative estimate of drug-likeness (QED) is 0.846. The van der Waals surface area contributed by atoms with Crippen LogP contribution in [0.3, 0.4) is 0 Å². The second kappa shape index (κ2) is 7.26. The first-order chi connectivity index (χ1) is 9.29. The highest BCUT2D eigenvalue weighted by Crippen LogP contribution is 2.19. The number of carbonyl (C=O) groups is 2. The van der Waals surface area contributed by atoms with E-state index >= 15 is 0 Å². The molecule has 0 atom stereocenters. The van der Waals surface area contributed by atoms with Gasteiger partial charge in [0.15, 0.2) is 0 Å². The van der Waals surface area contributed by atoms with Crippen LogP contribution in [-0.4, -0.2) is 41.0 Å². The number of halogens is 1. The number of aryl methyl sites for hydroxylation is 1. The molecule has 0 unspecified atom stereocenters. The van der Waals surface area contributed by atoms with Crippen LogP contribution < -0.4 is 5.32 Å². The van der Waals surface area contributed by atoms with Gasteiger partial charge in [0.1, 0.15) is 0 Å². The van der Waals surface area contributed by atoms with E-state index in [1.54, 1.807) is 23.1 Å². The zero-order valence-electron chi connectivity index (χ0n) is 11.8. The van der Waals surface area contributed by atoms with Crippen LogP contribution in [0.25, 0.3) is 0 Å². The largest absolute Gasteiger partial charge is 0.480 e. The maximum absolute atomic E-state index is 12.0. The summed E-state index contributed by atoms with van der Waals surface area (Å²) in [6.45, 7) is 5.42. The summed E-state index contributed by atoms with van der Waals surface area (Å²) in [5, 5.41) is 12.2. The molecule has 0 bridgehead atoms. The summed E-state index contributed by atoms with van der Waals surface area (Å²) in [5.74, 6) is -1.19. The SMILES string of the molecule is Cc1cc(Cl)ccc1NC(=O)CN(CC(=O)O)C(C)C. The predicted molar refractivity (Wildman–Crippen MR) is 79.2 cm³/mol. The third kappa shape index (κ3) is 5.19. The summed E-state index contributed by atoms with van der Waals surface area (Å²) in [7, 11) is 0. The molecule has 6 heteroatoms. The van der Waals surface area contributed by atoms with E-state index in [1.165, 1.54) is 0 Å². The van der Waals surface area contributed by atoms with E-state index in [9.17, 15) is 9.59 Å². The standard InChI is InChI=1S/C14H19ClN2O3/c1-9(2)17(8-14(19)20)7-13(18)16-12-5-4-11(15)6-10(12)3/h4-6,9H,7-8H2,1-3H3,(H,16,18)(H,19,20). The number of carbonyl (C=O) groups excluding carboxylic acids is 1. The van der Waals surface area contributed by atoms with Gasteiger partial charge < -0.3 is 10.4 Å². The van der Waals surface area contributed by atoms with Crippen LogP contribution in [0.2, 0.25) is 5.02 Å². The third-order valence-electron chi connectivity index (χ3n) is 2.88. The van der Waals surface area contributed by atoms with Crippen LogP contribution in [0, 0.1) is 6.92 Å². The van der Waals surface area contributed by atoms with Crippen molar-refractivity contribution in [1.29, 1.82) is 0 Å². The summed E-state index contributed by atoms with van der Waals surface area (Å²) < 4.78 is 0. The van der Waals surface area contributed by atoms with Gasteiger partial charge in [0.05, 0.1) is 13.1 Å². The van der Waals surface area contributed by atoms with Crippen molar-refractivity contribution in [3.8, 4) is 0 Å². The topological polar surface area (TPSA) is 69.6 Å². The fourth-order valence-electron chi connectivity index (χ4n) is 1.74. The van der Waals surface area contributed by atoms with Gasteiger partial charge in [-0.3, -0.25) is 14.5 Å². The van der Waals surface area contributed by atoms with E-state index in [0.717, 1.165) is 5.56 Å². The van der Waals surface area contributed by atoms with E-state index in [-0.39, 0.29) is 25.0 Å². The van der Waals surface area contributed by atoms with Crippen LogP contribution in [0.15, 0.2) is 18.2 Å². The zero-order valence-corrected chi connectivity index (χ0v) is 12.6. The van der Waals surface area contributed by atoms with Gasteiger partial charge in [0, 0.05) is 16.8 Å². The monoisotopic (exact) mass is 298 g/mol. The van der Waals surface area contributed by atoms with Crippen molar-refractivity contribution in [2.45, 2.75) is 26.8 Å². The molecule has 1 rings (SSSR count). The first-order valence-corrected chi connectivity index (χ1v) is 6.69. The van der Waals surface area contributed by atoms with Gasteiger partial charge in [0.25, 0.3) is 0 Å². The number of hydrogen-bond acceptors (Lipinski definition) is 3. The lowest BCUT2D eigenvalue weighted by Gasteiger charge is -2.23. The number of rotatable bonds is 6. The minimum atomic E-state index is -0.950. The number of benzene rings is 1. The summed E-state index contributed by atoms with van der Waals surface area (Å²) in [4.78, 5) is 24.3. The van der Waals surface area contributed by atoms with E-state index in [1.807, 2.05) is 20.8 Å². The molecule has 20 heavy (non-hydrogen) atoms. The number of anilines is 1. The Balaban J connectivity index is 2.68. The lowest BCUT2D eigenvalue weighted by molar-refractivity contribution is -0.139. The summed E-state index contributed by atoms with van der Waals surface area (Å²) in [5.41, 5.74) is 1.54.